The van der Waals surface area contributed by atoms with Gasteiger partial charge in [0.15, 0.2) is 0 Å². The summed E-state index contributed by atoms with van der Waals surface area (Å²) >= 11 is 3.35. The fourth-order valence-corrected chi connectivity index (χ4v) is 3.73. The fourth-order valence-electron chi connectivity index (χ4n) is 2.30. The molecule has 2 aromatic carbocycles. The summed E-state index contributed by atoms with van der Waals surface area (Å²) in [5.74, 6) is 0.613. The SMILES string of the molecule is CCOc1ccc(NC(=O)CCOc2cccc(Br)c2)cc1S(=O)(=O)N(C)C. The van der Waals surface area contributed by atoms with Gasteiger partial charge in [-0.3, -0.25) is 4.79 Å². The van der Waals surface area contributed by atoms with Crippen LogP contribution in [0.25, 0.3) is 0 Å². The molecule has 1 amide bonds. The molecule has 28 heavy (non-hydrogen) atoms. The first kappa shape index (κ1) is 22.2. The maximum atomic E-state index is 12.5. The second kappa shape index (κ2) is 9.90. The van der Waals surface area contributed by atoms with Gasteiger partial charge < -0.3 is 14.8 Å². The van der Waals surface area contributed by atoms with Gasteiger partial charge in [0.2, 0.25) is 15.9 Å². The Bertz CT molecular complexity index is 932. The number of benzene rings is 2. The van der Waals surface area contributed by atoms with E-state index in [2.05, 4.69) is 21.2 Å². The number of nitrogens with zero attached hydrogens (tertiary/aromatic N) is 1. The van der Waals surface area contributed by atoms with Crippen LogP contribution in [0.3, 0.4) is 0 Å². The van der Waals surface area contributed by atoms with E-state index in [1.54, 1.807) is 19.1 Å². The zero-order valence-electron chi connectivity index (χ0n) is 15.9. The predicted molar refractivity (Wildman–Crippen MR) is 111 cm³/mol. The third kappa shape index (κ3) is 5.95. The Morgan fingerprint density at radius 1 is 1.14 bits per heavy atom. The van der Waals surface area contributed by atoms with Gasteiger partial charge in [-0.25, -0.2) is 12.7 Å². The number of anilines is 1. The largest absolute Gasteiger partial charge is 0.493 e. The van der Waals surface area contributed by atoms with Gasteiger partial charge >= 0.3 is 0 Å². The van der Waals surface area contributed by atoms with E-state index in [1.165, 1.54) is 26.2 Å². The number of rotatable bonds is 9. The van der Waals surface area contributed by atoms with Crippen molar-refractivity contribution in [2.75, 3.05) is 32.6 Å². The molecule has 0 atom stereocenters. The molecule has 0 aliphatic carbocycles. The molecule has 0 fully saturated rings. The lowest BCUT2D eigenvalue weighted by Gasteiger charge is -2.16. The molecule has 0 heterocycles. The lowest BCUT2D eigenvalue weighted by atomic mass is 10.3. The van der Waals surface area contributed by atoms with E-state index in [0.717, 1.165) is 8.78 Å². The van der Waals surface area contributed by atoms with Gasteiger partial charge in [-0.05, 0) is 43.3 Å². The number of nitrogens with one attached hydrogen (secondary N) is 1. The first-order chi connectivity index (χ1) is 13.2. The van der Waals surface area contributed by atoms with E-state index in [4.69, 9.17) is 9.47 Å². The molecule has 0 spiro atoms. The molecule has 0 unspecified atom stereocenters. The highest BCUT2D eigenvalue weighted by atomic mass is 79.9. The van der Waals surface area contributed by atoms with Crippen molar-refractivity contribution >= 4 is 37.5 Å². The van der Waals surface area contributed by atoms with Gasteiger partial charge in [0, 0.05) is 24.3 Å². The highest BCUT2D eigenvalue weighted by Gasteiger charge is 2.23. The van der Waals surface area contributed by atoms with E-state index >= 15 is 0 Å². The molecule has 2 rings (SSSR count). The molecule has 0 saturated carbocycles. The molecule has 2 aromatic rings. The molecule has 152 valence electrons. The third-order valence-electron chi connectivity index (χ3n) is 3.68. The van der Waals surface area contributed by atoms with Crippen LogP contribution in [0.5, 0.6) is 11.5 Å². The van der Waals surface area contributed by atoms with E-state index in [-0.39, 0.29) is 29.6 Å². The van der Waals surface area contributed by atoms with Gasteiger partial charge in [-0.2, -0.15) is 0 Å². The van der Waals surface area contributed by atoms with Crippen molar-refractivity contribution in [1.29, 1.82) is 0 Å². The van der Waals surface area contributed by atoms with Crippen LogP contribution in [-0.2, 0) is 14.8 Å². The summed E-state index contributed by atoms with van der Waals surface area (Å²) in [5, 5.41) is 2.69. The first-order valence-electron chi connectivity index (χ1n) is 8.61. The van der Waals surface area contributed by atoms with Crippen molar-refractivity contribution in [2.24, 2.45) is 0 Å². The van der Waals surface area contributed by atoms with Crippen LogP contribution in [0, 0.1) is 0 Å². The van der Waals surface area contributed by atoms with E-state index in [9.17, 15) is 13.2 Å². The normalized spacial score (nSPS) is 11.3. The summed E-state index contributed by atoms with van der Waals surface area (Å²) in [4.78, 5) is 12.2. The van der Waals surface area contributed by atoms with Crippen LogP contribution in [0.15, 0.2) is 51.8 Å². The fraction of sp³-hybridized carbons (Fsp3) is 0.316. The molecule has 0 bridgehead atoms. The summed E-state index contributed by atoms with van der Waals surface area (Å²) in [7, 11) is -0.837. The molecule has 7 nitrogen and oxygen atoms in total. The standard InChI is InChI=1S/C19H23BrN2O5S/c1-4-26-17-9-8-15(13-18(17)28(24,25)22(2)3)21-19(23)10-11-27-16-7-5-6-14(20)12-16/h5-9,12-13H,4,10-11H2,1-3H3,(H,21,23). The van der Waals surface area contributed by atoms with Gasteiger partial charge in [-0.15, -0.1) is 0 Å². The molecule has 0 aromatic heterocycles. The van der Waals surface area contributed by atoms with Crippen LogP contribution in [-0.4, -0.2) is 45.9 Å². The van der Waals surface area contributed by atoms with E-state index in [1.807, 2.05) is 18.2 Å². The number of ether oxygens (including phenoxy) is 2. The maximum Gasteiger partial charge on any atom is 0.246 e. The van der Waals surface area contributed by atoms with Crippen LogP contribution in [0.2, 0.25) is 0 Å². The lowest BCUT2D eigenvalue weighted by Crippen LogP contribution is -2.23. The molecule has 1 N–H and O–H groups in total. The zero-order valence-corrected chi connectivity index (χ0v) is 18.3. The summed E-state index contributed by atoms with van der Waals surface area (Å²) < 4.78 is 38.0. The van der Waals surface area contributed by atoms with Crippen molar-refractivity contribution in [2.45, 2.75) is 18.2 Å². The lowest BCUT2D eigenvalue weighted by molar-refractivity contribution is -0.116. The van der Waals surface area contributed by atoms with Crippen LogP contribution >= 0.6 is 15.9 Å². The maximum absolute atomic E-state index is 12.5. The summed E-state index contributed by atoms with van der Waals surface area (Å²) in [6.07, 6.45) is 0.121. The Balaban J connectivity index is 2.05. The van der Waals surface area contributed by atoms with Crippen molar-refractivity contribution in [3.8, 4) is 11.5 Å². The third-order valence-corrected chi connectivity index (χ3v) is 6.01. The van der Waals surface area contributed by atoms with Crippen LogP contribution in [0.1, 0.15) is 13.3 Å². The number of carbonyl (C=O) groups excluding carboxylic acids is 1. The predicted octanol–water partition coefficient (Wildman–Crippen LogP) is 3.51. The Hall–Kier alpha value is -2.10. The monoisotopic (exact) mass is 470 g/mol. The number of hydrogen-bond acceptors (Lipinski definition) is 5. The average molecular weight is 471 g/mol. The van der Waals surface area contributed by atoms with Crippen molar-refractivity contribution in [3.63, 3.8) is 0 Å². The first-order valence-corrected chi connectivity index (χ1v) is 10.8. The minimum absolute atomic E-state index is 0.00235. The quantitative estimate of drug-likeness (QED) is 0.605. The highest BCUT2D eigenvalue weighted by molar-refractivity contribution is 9.10. The number of halogens is 1. The molecule has 0 aliphatic heterocycles. The number of sulfonamides is 1. The molecule has 0 aliphatic rings. The molecular formula is C19H23BrN2O5S. The summed E-state index contributed by atoms with van der Waals surface area (Å²) in [5.41, 5.74) is 0.372. The Labute approximate surface area is 173 Å². The highest BCUT2D eigenvalue weighted by Crippen LogP contribution is 2.29. The van der Waals surface area contributed by atoms with Crippen molar-refractivity contribution < 1.29 is 22.7 Å². The molecular weight excluding hydrogens is 448 g/mol. The molecule has 0 saturated heterocycles. The second-order valence-electron chi connectivity index (χ2n) is 5.99. The minimum Gasteiger partial charge on any atom is -0.493 e. The number of hydrogen-bond donors (Lipinski definition) is 1. The molecule has 0 radical (unpaired) electrons. The van der Waals surface area contributed by atoms with E-state index in [0.29, 0.717) is 18.0 Å². The Morgan fingerprint density at radius 2 is 1.89 bits per heavy atom. The Morgan fingerprint density at radius 3 is 2.54 bits per heavy atom. The van der Waals surface area contributed by atoms with Crippen LogP contribution < -0.4 is 14.8 Å². The number of carbonyl (C=O) groups is 1. The zero-order chi connectivity index (χ0) is 20.7. The number of amides is 1. The average Bonchev–Trinajstić information content (AvgIpc) is 2.63. The van der Waals surface area contributed by atoms with Crippen molar-refractivity contribution in [1.82, 2.24) is 4.31 Å². The summed E-state index contributed by atoms with van der Waals surface area (Å²) in [6, 6.07) is 11.9. The smallest absolute Gasteiger partial charge is 0.246 e. The van der Waals surface area contributed by atoms with Gasteiger partial charge in [0.25, 0.3) is 0 Å². The van der Waals surface area contributed by atoms with Crippen LogP contribution in [0.4, 0.5) is 5.69 Å². The molecule has 9 heteroatoms. The second-order valence-corrected chi connectivity index (χ2v) is 9.02. The topological polar surface area (TPSA) is 84.9 Å². The minimum atomic E-state index is -3.72. The Kier molecular flexibility index (Phi) is 7.85. The van der Waals surface area contributed by atoms with Gasteiger partial charge in [-0.1, -0.05) is 22.0 Å². The van der Waals surface area contributed by atoms with E-state index < -0.39 is 10.0 Å². The van der Waals surface area contributed by atoms with Gasteiger partial charge in [0.05, 0.1) is 19.6 Å². The van der Waals surface area contributed by atoms with Gasteiger partial charge in [0.1, 0.15) is 16.4 Å². The summed E-state index contributed by atoms with van der Waals surface area (Å²) in [6.45, 7) is 2.30. The van der Waals surface area contributed by atoms with Crippen molar-refractivity contribution in [3.05, 3.63) is 46.9 Å².